The first kappa shape index (κ1) is 16.4. The third kappa shape index (κ3) is 5.88. The first-order valence-corrected chi connectivity index (χ1v) is 8.05. The molecule has 1 heterocycles. The number of carbonyl (C=O) groups excluding carboxylic acids is 1. The van der Waals surface area contributed by atoms with E-state index in [-0.39, 0.29) is 18.2 Å². The largest absolute Gasteiger partial charge is 0.469 e. The van der Waals surface area contributed by atoms with Crippen LogP contribution >= 0.6 is 0 Å². The average molecular weight is 294 g/mol. The molecule has 0 aliphatic carbocycles. The van der Waals surface area contributed by atoms with E-state index in [0.717, 1.165) is 19.3 Å². The van der Waals surface area contributed by atoms with Gasteiger partial charge >= 0.3 is 5.97 Å². The van der Waals surface area contributed by atoms with Gasteiger partial charge < -0.3 is 9.47 Å². The van der Waals surface area contributed by atoms with Crippen molar-refractivity contribution in [1.29, 1.82) is 0 Å². The van der Waals surface area contributed by atoms with Crippen LogP contribution in [0.2, 0.25) is 0 Å². The van der Waals surface area contributed by atoms with Gasteiger partial charge in [0.2, 0.25) is 0 Å². The molecular weight excluding hydrogens is 272 g/mol. The van der Waals surface area contributed by atoms with Crippen LogP contribution in [0.3, 0.4) is 0 Å². The number of epoxide rings is 1. The molecular formula is C12H22O6S. The van der Waals surface area contributed by atoms with Crippen LogP contribution in [0.15, 0.2) is 0 Å². The van der Waals surface area contributed by atoms with Crippen molar-refractivity contribution in [1.82, 2.24) is 0 Å². The fourth-order valence-electron chi connectivity index (χ4n) is 2.15. The van der Waals surface area contributed by atoms with Crippen molar-refractivity contribution in [2.24, 2.45) is 0 Å². The van der Waals surface area contributed by atoms with Crippen LogP contribution in [0.25, 0.3) is 0 Å². The van der Waals surface area contributed by atoms with Crippen molar-refractivity contribution in [2.75, 3.05) is 7.11 Å². The first-order chi connectivity index (χ1) is 8.86. The lowest BCUT2D eigenvalue weighted by Crippen LogP contribution is -2.27. The van der Waals surface area contributed by atoms with Crippen LogP contribution < -0.4 is 0 Å². The molecule has 0 saturated carbocycles. The summed E-state index contributed by atoms with van der Waals surface area (Å²) < 4.78 is 41.2. The van der Waals surface area contributed by atoms with Gasteiger partial charge in [-0.15, -0.1) is 0 Å². The summed E-state index contributed by atoms with van der Waals surface area (Å²) in [5.74, 6) is -0.226. The van der Waals surface area contributed by atoms with Gasteiger partial charge in [-0.1, -0.05) is 19.3 Å². The van der Waals surface area contributed by atoms with Gasteiger partial charge in [-0.2, -0.15) is 8.42 Å². The third-order valence-electron chi connectivity index (χ3n) is 3.35. The van der Waals surface area contributed by atoms with Gasteiger partial charge in [0.25, 0.3) is 10.1 Å². The maximum atomic E-state index is 11.2. The molecule has 1 fully saturated rings. The van der Waals surface area contributed by atoms with Crippen LogP contribution in [0.1, 0.15) is 45.4 Å². The van der Waals surface area contributed by atoms with E-state index in [1.54, 1.807) is 6.92 Å². The molecule has 7 heteroatoms. The minimum atomic E-state index is -4.04. The number of hydrogen-bond donors (Lipinski definition) is 1. The molecule has 0 bridgehead atoms. The lowest BCUT2D eigenvalue weighted by atomic mass is 10.1. The number of esters is 1. The Morgan fingerprint density at radius 3 is 2.37 bits per heavy atom. The second-order valence-electron chi connectivity index (χ2n) is 4.89. The molecule has 3 atom stereocenters. The maximum absolute atomic E-state index is 11.2. The fourth-order valence-corrected chi connectivity index (χ4v) is 3.23. The normalized spacial score (nSPS) is 23.9. The minimum Gasteiger partial charge on any atom is -0.469 e. The van der Waals surface area contributed by atoms with E-state index < -0.39 is 15.4 Å². The second-order valence-corrected chi connectivity index (χ2v) is 6.52. The topological polar surface area (TPSA) is 93.2 Å². The number of rotatable bonds is 9. The number of methoxy groups -OCH3 is 1. The SMILES string of the molecule is COC(=O)CCCCCCC(C1OC1C)S(=O)(=O)O. The van der Waals surface area contributed by atoms with E-state index in [1.807, 2.05) is 0 Å². The molecule has 0 aromatic carbocycles. The zero-order valence-electron chi connectivity index (χ0n) is 11.4. The highest BCUT2D eigenvalue weighted by Gasteiger charge is 2.46. The maximum Gasteiger partial charge on any atom is 0.305 e. The Kier molecular flexibility index (Phi) is 6.22. The summed E-state index contributed by atoms with van der Waals surface area (Å²) in [5, 5.41) is -0.817. The molecule has 1 saturated heterocycles. The molecule has 1 aliphatic heterocycles. The molecule has 1 rings (SSSR count). The molecule has 1 N–H and O–H groups in total. The van der Waals surface area contributed by atoms with Crippen molar-refractivity contribution in [3.8, 4) is 0 Å². The zero-order chi connectivity index (χ0) is 14.5. The molecule has 0 spiro atoms. The van der Waals surface area contributed by atoms with Crippen molar-refractivity contribution in [3.63, 3.8) is 0 Å². The van der Waals surface area contributed by atoms with E-state index in [1.165, 1.54) is 7.11 Å². The molecule has 6 nitrogen and oxygen atoms in total. The van der Waals surface area contributed by atoms with Crippen LogP contribution in [-0.4, -0.2) is 43.5 Å². The number of unbranched alkanes of at least 4 members (excludes halogenated alkanes) is 3. The van der Waals surface area contributed by atoms with Crippen molar-refractivity contribution < 1.29 is 27.2 Å². The van der Waals surface area contributed by atoms with Gasteiger partial charge in [0, 0.05) is 6.42 Å². The molecule has 0 aromatic rings. The highest BCUT2D eigenvalue weighted by Crippen LogP contribution is 2.31. The highest BCUT2D eigenvalue weighted by molar-refractivity contribution is 7.86. The summed E-state index contributed by atoms with van der Waals surface area (Å²) in [6.45, 7) is 1.79. The summed E-state index contributed by atoms with van der Waals surface area (Å²) in [6, 6.07) is 0. The van der Waals surface area contributed by atoms with Gasteiger partial charge in [0.05, 0.1) is 13.2 Å². The summed E-state index contributed by atoms with van der Waals surface area (Å²) in [5.41, 5.74) is 0. The van der Waals surface area contributed by atoms with Crippen LogP contribution in [0.5, 0.6) is 0 Å². The van der Waals surface area contributed by atoms with E-state index >= 15 is 0 Å². The molecule has 19 heavy (non-hydrogen) atoms. The average Bonchev–Trinajstić information content (AvgIpc) is 3.02. The van der Waals surface area contributed by atoms with Crippen LogP contribution in [0.4, 0.5) is 0 Å². The summed E-state index contributed by atoms with van der Waals surface area (Å²) in [4.78, 5) is 10.9. The Balaban J connectivity index is 2.18. The standard InChI is InChI=1S/C12H22O6S/c1-9-12(18-9)10(19(14,15)16)7-5-3-4-6-8-11(13)17-2/h9-10,12H,3-8H2,1-2H3,(H,14,15,16). The smallest absolute Gasteiger partial charge is 0.305 e. The van der Waals surface area contributed by atoms with Crippen molar-refractivity contribution in [2.45, 2.75) is 62.9 Å². The highest BCUT2D eigenvalue weighted by atomic mass is 32.2. The van der Waals surface area contributed by atoms with Crippen molar-refractivity contribution in [3.05, 3.63) is 0 Å². The Morgan fingerprint density at radius 2 is 1.89 bits per heavy atom. The fraction of sp³-hybridized carbons (Fsp3) is 0.917. The summed E-state index contributed by atoms with van der Waals surface area (Å²) in [6.07, 6.45) is 3.42. The molecule has 3 unspecified atom stereocenters. The van der Waals surface area contributed by atoms with E-state index in [9.17, 15) is 13.2 Å². The number of carbonyl (C=O) groups is 1. The van der Waals surface area contributed by atoms with Crippen molar-refractivity contribution >= 4 is 16.1 Å². The third-order valence-corrected chi connectivity index (χ3v) is 4.62. The zero-order valence-corrected chi connectivity index (χ0v) is 12.2. The quantitative estimate of drug-likeness (QED) is 0.300. The van der Waals surface area contributed by atoms with Crippen LogP contribution in [-0.2, 0) is 24.4 Å². The first-order valence-electron chi connectivity index (χ1n) is 6.55. The molecule has 0 aromatic heterocycles. The Labute approximate surface area is 114 Å². The Hall–Kier alpha value is -0.660. The molecule has 1 aliphatic rings. The number of hydrogen-bond acceptors (Lipinski definition) is 5. The Morgan fingerprint density at radius 1 is 1.32 bits per heavy atom. The lowest BCUT2D eigenvalue weighted by molar-refractivity contribution is -0.140. The summed E-state index contributed by atoms with van der Waals surface area (Å²) in [7, 11) is -2.69. The monoisotopic (exact) mass is 294 g/mol. The summed E-state index contributed by atoms with van der Waals surface area (Å²) >= 11 is 0. The molecule has 0 radical (unpaired) electrons. The Bertz CT molecular complexity index is 391. The van der Waals surface area contributed by atoms with E-state index in [2.05, 4.69) is 4.74 Å². The number of ether oxygens (including phenoxy) is 2. The van der Waals surface area contributed by atoms with Gasteiger partial charge in [-0.05, 0) is 19.8 Å². The van der Waals surface area contributed by atoms with Gasteiger partial charge in [0.15, 0.2) is 0 Å². The van der Waals surface area contributed by atoms with Gasteiger partial charge in [0.1, 0.15) is 11.4 Å². The molecule has 112 valence electrons. The lowest BCUT2D eigenvalue weighted by Gasteiger charge is -2.10. The molecule has 0 amide bonds. The van der Waals surface area contributed by atoms with Crippen LogP contribution in [0, 0.1) is 0 Å². The van der Waals surface area contributed by atoms with Gasteiger partial charge in [-0.25, -0.2) is 0 Å². The predicted octanol–water partition coefficient (Wildman–Crippen LogP) is 1.54. The predicted molar refractivity (Wildman–Crippen MR) is 69.4 cm³/mol. The van der Waals surface area contributed by atoms with E-state index in [0.29, 0.717) is 19.3 Å². The van der Waals surface area contributed by atoms with Gasteiger partial charge in [-0.3, -0.25) is 9.35 Å². The van der Waals surface area contributed by atoms with E-state index in [4.69, 9.17) is 9.29 Å². The minimum absolute atomic E-state index is 0.0914. The second kappa shape index (κ2) is 7.21.